The van der Waals surface area contributed by atoms with E-state index in [0.717, 1.165) is 32.6 Å². The monoisotopic (exact) mass is 383 g/mol. The summed E-state index contributed by atoms with van der Waals surface area (Å²) in [6.07, 6.45) is 1.15. The number of likely N-dealkylation sites (N-methyl/N-ethyl adjacent to an activating group) is 1. The highest BCUT2D eigenvalue weighted by Crippen LogP contribution is 2.20. The zero-order chi connectivity index (χ0) is 19.9. The van der Waals surface area contributed by atoms with E-state index in [4.69, 9.17) is 0 Å². The lowest BCUT2D eigenvalue weighted by atomic mass is 10.1. The van der Waals surface area contributed by atoms with Gasteiger partial charge < -0.3 is 5.32 Å². The molecule has 2 atom stereocenters. The molecule has 0 spiro atoms. The minimum atomic E-state index is -0.284. The molecule has 2 aromatic carbocycles. The van der Waals surface area contributed by atoms with Crippen LogP contribution in [0.3, 0.4) is 0 Å². The Kier molecular flexibility index (Phi) is 7.18. The molecule has 2 aromatic rings. The average Bonchev–Trinajstić information content (AvgIpc) is 3.14. The minimum absolute atomic E-state index is 0.0649. The van der Waals surface area contributed by atoms with Crippen molar-refractivity contribution >= 4 is 5.91 Å². The fourth-order valence-corrected chi connectivity index (χ4v) is 3.78. The summed E-state index contributed by atoms with van der Waals surface area (Å²) in [5.74, 6) is 0.216. The molecule has 1 heterocycles. The van der Waals surface area contributed by atoms with Crippen LogP contribution in [0.1, 0.15) is 24.5 Å². The highest BCUT2D eigenvalue weighted by Gasteiger charge is 2.26. The summed E-state index contributed by atoms with van der Waals surface area (Å²) >= 11 is 0. The normalized spacial score (nSPS) is 18.4. The average molecular weight is 384 g/mol. The minimum Gasteiger partial charge on any atom is -0.351 e. The van der Waals surface area contributed by atoms with Crippen LogP contribution in [0.2, 0.25) is 0 Å². The molecule has 0 radical (unpaired) electrons. The highest BCUT2D eigenvalue weighted by atomic mass is 19.1. The van der Waals surface area contributed by atoms with Crippen LogP contribution in [-0.4, -0.2) is 48.4 Å². The van der Waals surface area contributed by atoms with Crippen molar-refractivity contribution in [3.05, 3.63) is 71.5 Å². The number of rotatable bonds is 8. The third-order valence-corrected chi connectivity index (χ3v) is 5.62. The summed E-state index contributed by atoms with van der Waals surface area (Å²) in [7, 11) is 1.99. The van der Waals surface area contributed by atoms with E-state index in [1.807, 2.05) is 20.0 Å². The van der Waals surface area contributed by atoms with Crippen molar-refractivity contribution in [2.45, 2.75) is 32.5 Å². The Bertz CT molecular complexity index is 767. The largest absolute Gasteiger partial charge is 0.351 e. The molecule has 4 nitrogen and oxygen atoms in total. The predicted octanol–water partition coefficient (Wildman–Crippen LogP) is 3.28. The number of carbonyl (C=O) groups is 1. The van der Waals surface area contributed by atoms with Gasteiger partial charge in [0.2, 0.25) is 5.91 Å². The molecule has 150 valence electrons. The zero-order valence-corrected chi connectivity index (χ0v) is 16.8. The van der Waals surface area contributed by atoms with Crippen LogP contribution in [0.4, 0.5) is 4.39 Å². The SMILES string of the molecule is C[C@@H](C(=O)NCc1ccccc1F)N(C)C[C@H]1CCN(Cc2ccccc2)C1. The van der Waals surface area contributed by atoms with E-state index in [0.29, 0.717) is 11.5 Å². The lowest BCUT2D eigenvalue weighted by Crippen LogP contribution is -2.45. The molecule has 0 unspecified atom stereocenters. The number of halogens is 1. The maximum Gasteiger partial charge on any atom is 0.237 e. The first-order valence-corrected chi connectivity index (χ1v) is 10.0. The van der Waals surface area contributed by atoms with Gasteiger partial charge in [-0.25, -0.2) is 4.39 Å². The van der Waals surface area contributed by atoms with E-state index in [-0.39, 0.29) is 24.3 Å². The van der Waals surface area contributed by atoms with Crippen LogP contribution in [0.15, 0.2) is 54.6 Å². The summed E-state index contributed by atoms with van der Waals surface area (Å²) in [6, 6.07) is 16.8. The summed E-state index contributed by atoms with van der Waals surface area (Å²) in [5, 5.41) is 2.86. The number of nitrogens with zero attached hydrogens (tertiary/aromatic N) is 2. The molecule has 1 aliphatic heterocycles. The van der Waals surface area contributed by atoms with Gasteiger partial charge >= 0.3 is 0 Å². The van der Waals surface area contributed by atoms with Gasteiger partial charge in [0, 0.05) is 31.7 Å². The van der Waals surface area contributed by atoms with Gasteiger partial charge in [-0.05, 0) is 44.5 Å². The van der Waals surface area contributed by atoms with Crippen LogP contribution < -0.4 is 5.32 Å². The van der Waals surface area contributed by atoms with Crippen molar-refractivity contribution in [2.75, 3.05) is 26.7 Å². The van der Waals surface area contributed by atoms with Gasteiger partial charge in [-0.3, -0.25) is 14.6 Å². The van der Waals surface area contributed by atoms with Crippen LogP contribution in [-0.2, 0) is 17.9 Å². The molecule has 1 N–H and O–H groups in total. The Morgan fingerprint density at radius 1 is 1.21 bits per heavy atom. The summed E-state index contributed by atoms with van der Waals surface area (Å²) in [5.41, 5.74) is 1.86. The Hall–Kier alpha value is -2.24. The Labute approximate surface area is 167 Å². The molecular formula is C23H30FN3O. The van der Waals surface area contributed by atoms with E-state index >= 15 is 0 Å². The summed E-state index contributed by atoms with van der Waals surface area (Å²) in [4.78, 5) is 17.1. The Morgan fingerprint density at radius 3 is 2.68 bits per heavy atom. The predicted molar refractivity (Wildman–Crippen MR) is 110 cm³/mol. The molecule has 5 heteroatoms. The Balaban J connectivity index is 1.43. The van der Waals surface area contributed by atoms with Gasteiger partial charge in [-0.2, -0.15) is 0 Å². The van der Waals surface area contributed by atoms with Crippen LogP contribution >= 0.6 is 0 Å². The number of likely N-dealkylation sites (tertiary alicyclic amines) is 1. The number of hydrogen-bond donors (Lipinski definition) is 1. The molecule has 3 rings (SSSR count). The van der Waals surface area contributed by atoms with Gasteiger partial charge in [0.05, 0.1) is 6.04 Å². The standard InChI is InChI=1S/C23H30FN3O/c1-18(23(28)25-14-21-10-6-7-11-22(21)24)26(2)15-20-12-13-27(17-20)16-19-8-4-3-5-9-19/h3-11,18,20H,12-17H2,1-2H3,(H,25,28)/t18-,20+/m0/s1. The molecule has 0 saturated carbocycles. The molecule has 0 aliphatic carbocycles. The molecule has 0 aromatic heterocycles. The number of benzene rings is 2. The first-order chi connectivity index (χ1) is 13.5. The lowest BCUT2D eigenvalue weighted by Gasteiger charge is -2.27. The van der Waals surface area contributed by atoms with Crippen molar-refractivity contribution in [3.8, 4) is 0 Å². The third-order valence-electron chi connectivity index (χ3n) is 5.62. The molecule has 1 aliphatic rings. The highest BCUT2D eigenvalue weighted by molar-refractivity contribution is 5.81. The Morgan fingerprint density at radius 2 is 1.93 bits per heavy atom. The van der Waals surface area contributed by atoms with Crippen molar-refractivity contribution in [2.24, 2.45) is 5.92 Å². The van der Waals surface area contributed by atoms with Crippen molar-refractivity contribution in [1.29, 1.82) is 0 Å². The fourth-order valence-electron chi connectivity index (χ4n) is 3.78. The number of carbonyl (C=O) groups excluding carboxylic acids is 1. The van der Waals surface area contributed by atoms with Crippen molar-refractivity contribution < 1.29 is 9.18 Å². The van der Waals surface area contributed by atoms with E-state index in [1.165, 1.54) is 11.6 Å². The van der Waals surface area contributed by atoms with Gasteiger partial charge in [-0.1, -0.05) is 48.5 Å². The van der Waals surface area contributed by atoms with Gasteiger partial charge in [-0.15, -0.1) is 0 Å². The first-order valence-electron chi connectivity index (χ1n) is 10.0. The topological polar surface area (TPSA) is 35.6 Å². The van der Waals surface area contributed by atoms with Gasteiger partial charge in [0.15, 0.2) is 0 Å². The van der Waals surface area contributed by atoms with Crippen LogP contribution in [0, 0.1) is 11.7 Å². The zero-order valence-electron chi connectivity index (χ0n) is 16.8. The third kappa shape index (κ3) is 5.63. The first kappa shape index (κ1) is 20.5. The smallest absolute Gasteiger partial charge is 0.237 e. The van der Waals surface area contributed by atoms with E-state index in [9.17, 15) is 9.18 Å². The molecule has 1 fully saturated rings. The fraction of sp³-hybridized carbons (Fsp3) is 0.435. The van der Waals surface area contributed by atoms with Gasteiger partial charge in [0.1, 0.15) is 5.82 Å². The van der Waals surface area contributed by atoms with Gasteiger partial charge in [0.25, 0.3) is 0 Å². The summed E-state index contributed by atoms with van der Waals surface area (Å²) in [6.45, 7) is 6.16. The van der Waals surface area contributed by atoms with E-state index in [2.05, 4.69) is 39.4 Å². The molecule has 1 amide bonds. The lowest BCUT2D eigenvalue weighted by molar-refractivity contribution is -0.125. The second-order valence-electron chi connectivity index (χ2n) is 7.80. The second kappa shape index (κ2) is 9.80. The van der Waals surface area contributed by atoms with E-state index < -0.39 is 0 Å². The second-order valence-corrected chi connectivity index (χ2v) is 7.80. The van der Waals surface area contributed by atoms with Crippen LogP contribution in [0.25, 0.3) is 0 Å². The number of hydrogen-bond acceptors (Lipinski definition) is 3. The number of amides is 1. The molecule has 0 bridgehead atoms. The maximum atomic E-state index is 13.7. The maximum absolute atomic E-state index is 13.7. The molecule has 28 heavy (non-hydrogen) atoms. The molecule has 1 saturated heterocycles. The number of nitrogens with one attached hydrogen (secondary N) is 1. The van der Waals surface area contributed by atoms with E-state index in [1.54, 1.807) is 18.2 Å². The van der Waals surface area contributed by atoms with Crippen molar-refractivity contribution in [3.63, 3.8) is 0 Å². The quantitative estimate of drug-likeness (QED) is 0.760. The summed E-state index contributed by atoms with van der Waals surface area (Å²) < 4.78 is 13.7. The van der Waals surface area contributed by atoms with Crippen LogP contribution in [0.5, 0.6) is 0 Å². The van der Waals surface area contributed by atoms with Crippen molar-refractivity contribution in [1.82, 2.24) is 15.1 Å². The molecular weight excluding hydrogens is 353 g/mol.